The molecule has 0 atom stereocenters. The van der Waals surface area contributed by atoms with Crippen LogP contribution in [-0.2, 0) is 0 Å². The van der Waals surface area contributed by atoms with Crippen LogP contribution in [0, 0.1) is 29.6 Å². The summed E-state index contributed by atoms with van der Waals surface area (Å²) < 4.78 is 0. The number of nitrogens with one attached hydrogen (secondary N) is 1. The number of anilines is 1. The molecule has 4 bridgehead atoms. The fraction of sp³-hybridized carbons (Fsp3) is 0.579. The van der Waals surface area contributed by atoms with E-state index in [0.717, 1.165) is 29.4 Å². The summed E-state index contributed by atoms with van der Waals surface area (Å²) in [6.45, 7) is 2.09. The van der Waals surface area contributed by atoms with Crippen LogP contribution in [0.15, 0.2) is 29.4 Å². The number of amides is 1. The second-order valence-corrected chi connectivity index (χ2v) is 7.77. The number of hydrazone groups is 1. The van der Waals surface area contributed by atoms with Gasteiger partial charge in [0.15, 0.2) is 0 Å². The molecule has 0 unspecified atom stereocenters. The van der Waals surface area contributed by atoms with Crippen molar-refractivity contribution < 1.29 is 4.79 Å². The third kappa shape index (κ3) is 2.75. The van der Waals surface area contributed by atoms with E-state index >= 15 is 0 Å². The molecule has 1 aromatic carbocycles. The van der Waals surface area contributed by atoms with Crippen LogP contribution in [-0.4, -0.2) is 11.6 Å². The van der Waals surface area contributed by atoms with E-state index in [4.69, 9.17) is 5.73 Å². The molecule has 4 saturated carbocycles. The lowest BCUT2D eigenvalue weighted by molar-refractivity contribution is -0.00859. The number of carbonyl (C=O) groups is 1. The number of hydrogen-bond acceptors (Lipinski definition) is 3. The Kier molecular flexibility index (Phi) is 3.63. The van der Waals surface area contributed by atoms with Crippen LogP contribution in [0.1, 0.15) is 49.4 Å². The quantitative estimate of drug-likeness (QED) is 0.510. The number of carbonyl (C=O) groups excluding carboxylic acids is 1. The van der Waals surface area contributed by atoms with Gasteiger partial charge in [0.2, 0.25) is 0 Å². The van der Waals surface area contributed by atoms with Gasteiger partial charge in [0.05, 0.1) is 0 Å². The molecule has 3 N–H and O–H groups in total. The zero-order chi connectivity index (χ0) is 16.0. The van der Waals surface area contributed by atoms with Crippen LogP contribution in [0.4, 0.5) is 5.69 Å². The monoisotopic (exact) mass is 311 g/mol. The second kappa shape index (κ2) is 5.66. The van der Waals surface area contributed by atoms with Crippen molar-refractivity contribution in [2.45, 2.75) is 39.0 Å². The molecule has 4 aliphatic carbocycles. The first-order valence-electron chi connectivity index (χ1n) is 8.80. The molecule has 0 aliphatic heterocycles. The van der Waals surface area contributed by atoms with Crippen molar-refractivity contribution in [3.05, 3.63) is 29.8 Å². The number of nitrogen functional groups attached to an aromatic ring is 1. The standard InChI is InChI=1S/C19H25N3O/c1-11(21-22-19(23)14-2-4-17(20)5-3-14)18-15-7-12-6-13(9-15)10-16(18)8-12/h2-5,12-13,15-16,18H,6-10,20H2,1H3,(H,22,23). The van der Waals surface area contributed by atoms with Crippen molar-refractivity contribution in [1.82, 2.24) is 5.43 Å². The Bertz CT molecular complexity index is 607. The van der Waals surface area contributed by atoms with Crippen LogP contribution in [0.5, 0.6) is 0 Å². The summed E-state index contributed by atoms with van der Waals surface area (Å²) in [5.74, 6) is 3.94. The maximum Gasteiger partial charge on any atom is 0.271 e. The van der Waals surface area contributed by atoms with Crippen LogP contribution in [0.25, 0.3) is 0 Å². The number of benzene rings is 1. The van der Waals surface area contributed by atoms with Gasteiger partial charge in [-0.1, -0.05) is 0 Å². The van der Waals surface area contributed by atoms with E-state index in [1.54, 1.807) is 24.3 Å². The highest BCUT2D eigenvalue weighted by Crippen LogP contribution is 2.56. The normalized spacial score (nSPS) is 35.3. The molecular formula is C19H25N3O. The first kappa shape index (κ1) is 14.7. The molecule has 5 rings (SSSR count). The van der Waals surface area contributed by atoms with Gasteiger partial charge in [-0.3, -0.25) is 4.79 Å². The van der Waals surface area contributed by atoms with Crippen molar-refractivity contribution in [2.24, 2.45) is 34.7 Å². The topological polar surface area (TPSA) is 67.5 Å². The Morgan fingerprint density at radius 1 is 1.04 bits per heavy atom. The molecule has 1 amide bonds. The molecule has 4 fully saturated rings. The summed E-state index contributed by atoms with van der Waals surface area (Å²) in [5, 5.41) is 4.45. The molecule has 4 nitrogen and oxygen atoms in total. The summed E-state index contributed by atoms with van der Waals surface area (Å²) >= 11 is 0. The van der Waals surface area contributed by atoms with Crippen LogP contribution >= 0.6 is 0 Å². The van der Waals surface area contributed by atoms with E-state index in [0.29, 0.717) is 17.2 Å². The van der Waals surface area contributed by atoms with Crippen molar-refractivity contribution in [1.29, 1.82) is 0 Å². The SMILES string of the molecule is CC(=NNC(=O)c1ccc(N)cc1)C1C2CC3CC(C2)CC1C3. The maximum absolute atomic E-state index is 12.2. The van der Waals surface area contributed by atoms with Gasteiger partial charge in [0, 0.05) is 22.9 Å². The highest BCUT2D eigenvalue weighted by atomic mass is 16.2. The average molecular weight is 311 g/mol. The summed E-state index contributed by atoms with van der Waals surface area (Å²) in [7, 11) is 0. The predicted molar refractivity (Wildman–Crippen MR) is 92.0 cm³/mol. The molecule has 0 radical (unpaired) electrons. The maximum atomic E-state index is 12.2. The van der Waals surface area contributed by atoms with Crippen LogP contribution < -0.4 is 11.2 Å². The molecule has 4 heteroatoms. The number of hydrogen-bond donors (Lipinski definition) is 2. The van der Waals surface area contributed by atoms with Crippen LogP contribution in [0.2, 0.25) is 0 Å². The second-order valence-electron chi connectivity index (χ2n) is 7.77. The van der Waals surface area contributed by atoms with E-state index in [1.165, 1.54) is 32.1 Å². The summed E-state index contributed by atoms with van der Waals surface area (Å²) in [6, 6.07) is 6.95. The summed E-state index contributed by atoms with van der Waals surface area (Å²) in [6.07, 6.45) is 6.95. The van der Waals surface area contributed by atoms with Gasteiger partial charge >= 0.3 is 0 Å². The lowest BCUT2D eigenvalue weighted by Crippen LogP contribution is -2.47. The highest BCUT2D eigenvalue weighted by Gasteiger charge is 2.49. The first-order valence-corrected chi connectivity index (χ1v) is 8.80. The van der Waals surface area contributed by atoms with Gasteiger partial charge in [-0.15, -0.1) is 0 Å². The summed E-state index contributed by atoms with van der Waals surface area (Å²) in [5.41, 5.74) is 10.8. The Labute approximate surface area is 137 Å². The molecular weight excluding hydrogens is 286 g/mol. The molecule has 23 heavy (non-hydrogen) atoms. The molecule has 0 aromatic heterocycles. The molecule has 0 heterocycles. The van der Waals surface area contributed by atoms with Crippen molar-refractivity contribution in [3.8, 4) is 0 Å². The first-order chi connectivity index (χ1) is 11.1. The Morgan fingerprint density at radius 2 is 1.61 bits per heavy atom. The Balaban J connectivity index is 1.44. The summed E-state index contributed by atoms with van der Waals surface area (Å²) in [4.78, 5) is 12.2. The fourth-order valence-electron chi connectivity index (χ4n) is 5.52. The number of rotatable bonds is 3. The smallest absolute Gasteiger partial charge is 0.271 e. The van der Waals surface area contributed by atoms with E-state index in [2.05, 4.69) is 17.5 Å². The molecule has 0 spiro atoms. The minimum absolute atomic E-state index is 0.159. The van der Waals surface area contributed by atoms with E-state index in [1.807, 2.05) is 0 Å². The highest BCUT2D eigenvalue weighted by molar-refractivity contribution is 5.95. The third-order valence-corrected chi connectivity index (χ3v) is 6.22. The van der Waals surface area contributed by atoms with Gasteiger partial charge < -0.3 is 5.73 Å². The lowest BCUT2D eigenvalue weighted by atomic mass is 9.51. The van der Waals surface area contributed by atoms with Crippen molar-refractivity contribution in [2.75, 3.05) is 5.73 Å². The van der Waals surface area contributed by atoms with Gasteiger partial charge in [-0.2, -0.15) is 5.10 Å². The Morgan fingerprint density at radius 3 is 2.17 bits per heavy atom. The van der Waals surface area contributed by atoms with E-state index < -0.39 is 0 Å². The molecule has 4 aliphatic rings. The average Bonchev–Trinajstić information content (AvgIpc) is 2.52. The largest absolute Gasteiger partial charge is 0.399 e. The minimum atomic E-state index is -0.159. The van der Waals surface area contributed by atoms with Crippen LogP contribution in [0.3, 0.4) is 0 Å². The molecule has 122 valence electrons. The van der Waals surface area contributed by atoms with E-state index in [-0.39, 0.29) is 5.91 Å². The Hall–Kier alpha value is -1.84. The number of nitrogens with zero attached hydrogens (tertiary/aromatic N) is 1. The minimum Gasteiger partial charge on any atom is -0.399 e. The van der Waals surface area contributed by atoms with Crippen molar-refractivity contribution in [3.63, 3.8) is 0 Å². The lowest BCUT2D eigenvalue weighted by Gasteiger charge is -2.54. The fourth-order valence-corrected chi connectivity index (χ4v) is 5.52. The zero-order valence-corrected chi connectivity index (χ0v) is 13.7. The van der Waals surface area contributed by atoms with Gasteiger partial charge in [-0.25, -0.2) is 5.43 Å². The third-order valence-electron chi connectivity index (χ3n) is 6.22. The van der Waals surface area contributed by atoms with Gasteiger partial charge in [0.25, 0.3) is 5.91 Å². The van der Waals surface area contributed by atoms with E-state index in [9.17, 15) is 4.79 Å². The molecule has 0 saturated heterocycles. The van der Waals surface area contributed by atoms with Gasteiger partial charge in [0.1, 0.15) is 0 Å². The van der Waals surface area contributed by atoms with Crippen molar-refractivity contribution >= 4 is 17.3 Å². The molecule has 1 aromatic rings. The van der Waals surface area contributed by atoms with Gasteiger partial charge in [-0.05, 0) is 87.0 Å². The zero-order valence-electron chi connectivity index (χ0n) is 13.7. The predicted octanol–water partition coefficient (Wildman–Crippen LogP) is 3.45. The number of nitrogens with two attached hydrogens (primary N) is 1.